The zero-order chi connectivity index (χ0) is 41.3. The molecule has 4 amide bonds. The highest BCUT2D eigenvalue weighted by Gasteiger charge is 2.39. The van der Waals surface area contributed by atoms with E-state index in [0.717, 1.165) is 64.9 Å². The summed E-state index contributed by atoms with van der Waals surface area (Å²) in [5.74, 6) is -0.129. The van der Waals surface area contributed by atoms with Gasteiger partial charge in [0.05, 0.1) is 24.0 Å². The largest absolute Gasteiger partial charge is 0.447 e. The molecule has 2 fully saturated rings. The summed E-state index contributed by atoms with van der Waals surface area (Å²) in [6, 6.07) is 14.4. The number of carbonyl (C=O) groups excluding carboxylic acids is 4. The number of alkyl halides is 2. The van der Waals surface area contributed by atoms with Gasteiger partial charge in [0.15, 0.2) is 0 Å². The third kappa shape index (κ3) is 9.74. The van der Waals surface area contributed by atoms with Gasteiger partial charge in [-0.2, -0.15) is 0 Å². The fourth-order valence-electron chi connectivity index (χ4n) is 7.88. The van der Waals surface area contributed by atoms with Gasteiger partial charge in [0.2, 0.25) is 11.8 Å². The van der Waals surface area contributed by atoms with Crippen molar-refractivity contribution in [3.63, 3.8) is 0 Å². The molecule has 0 unspecified atom stereocenters. The van der Waals surface area contributed by atoms with Crippen molar-refractivity contribution in [3.05, 3.63) is 72.3 Å². The second-order valence-corrected chi connectivity index (χ2v) is 15.5. The Bertz CT molecular complexity index is 1980. The van der Waals surface area contributed by atoms with Crippen LogP contribution in [0.25, 0.3) is 28.0 Å². The molecule has 0 bridgehead atoms. The molecule has 1 aromatic heterocycles. The molecular weight excluding hydrogens is 749 g/mol. The highest BCUT2D eigenvalue weighted by Crippen LogP contribution is 2.34. The van der Waals surface area contributed by atoms with Gasteiger partial charge in [-0.1, -0.05) is 76.2 Å². The second-order valence-electron chi connectivity index (χ2n) is 15.5. The highest BCUT2D eigenvalue weighted by molar-refractivity contribution is 6.04. The fraction of sp³-hybridized carbons (Fsp3) is 0.488. The maximum absolute atomic E-state index is 13.6. The van der Waals surface area contributed by atoms with Crippen LogP contribution in [-0.2, 0) is 19.1 Å². The lowest BCUT2D eigenvalue weighted by molar-refractivity contribution is -0.135. The topological polar surface area (TPSA) is 158 Å². The summed E-state index contributed by atoms with van der Waals surface area (Å²) in [6.45, 7) is 6.18. The normalized spacial score (nSPS) is 18.9. The Morgan fingerprint density at radius 2 is 1.22 bits per heavy atom. The van der Waals surface area contributed by atoms with Gasteiger partial charge in [0.25, 0.3) is 0 Å². The molecule has 0 radical (unpaired) electrons. The van der Waals surface area contributed by atoms with E-state index in [-0.39, 0.29) is 48.9 Å². The van der Waals surface area contributed by atoms with Gasteiger partial charge in [-0.3, -0.25) is 14.6 Å². The summed E-state index contributed by atoms with van der Waals surface area (Å²) in [5.41, 5.74) is 6.88. The standard InChI is InChI=1S/C43H53F2N7O6/c1-26(2)37(49-42(55)57-21-17-44)40(53)51-19-5-7-35(51)33-23-32(24-46-33)30-11-9-28(10-12-30)29-13-15-31(16-14-29)34-25-47-39(48-34)36-8-6-20-52(36)41(54)38(27(3)4)50-43(56)58-22-18-45/h9-16,24-27,35-38H,5-8,17-23H2,1-4H3,(H,47,48)(H,49,55)(H,50,56)/t35-,36-,37-,38-/m0/s1. The second kappa shape index (κ2) is 19.2. The number of H-pyrrole nitrogens is 1. The molecule has 310 valence electrons. The van der Waals surface area contributed by atoms with Crippen LogP contribution >= 0.6 is 0 Å². The Balaban J connectivity index is 1.05. The third-order valence-corrected chi connectivity index (χ3v) is 10.9. The molecule has 2 saturated heterocycles. The van der Waals surface area contributed by atoms with Gasteiger partial charge >= 0.3 is 12.2 Å². The van der Waals surface area contributed by atoms with Crippen LogP contribution in [0.3, 0.4) is 0 Å². The van der Waals surface area contributed by atoms with Crippen molar-refractivity contribution in [2.24, 2.45) is 16.8 Å². The van der Waals surface area contributed by atoms with Crippen molar-refractivity contribution < 1.29 is 37.4 Å². The Labute approximate surface area is 337 Å². The van der Waals surface area contributed by atoms with E-state index in [1.807, 2.05) is 46.0 Å². The lowest BCUT2D eigenvalue weighted by Crippen LogP contribution is -2.53. The van der Waals surface area contributed by atoms with Crippen LogP contribution in [0.5, 0.6) is 0 Å². The fourth-order valence-corrected chi connectivity index (χ4v) is 7.88. The van der Waals surface area contributed by atoms with Gasteiger partial charge in [-0.05, 0) is 65.3 Å². The van der Waals surface area contributed by atoms with Gasteiger partial charge < -0.3 is 34.9 Å². The number of aromatic nitrogens is 2. The zero-order valence-corrected chi connectivity index (χ0v) is 33.5. The minimum Gasteiger partial charge on any atom is -0.447 e. The minimum absolute atomic E-state index is 0.166. The van der Waals surface area contributed by atoms with Crippen molar-refractivity contribution in [1.82, 2.24) is 30.4 Å². The Hall–Kier alpha value is -5.60. The number of imidazole rings is 1. The van der Waals surface area contributed by atoms with Crippen LogP contribution in [0, 0.1) is 11.8 Å². The number of halogens is 2. The number of likely N-dealkylation sites (tertiary alicyclic amines) is 2. The Kier molecular flexibility index (Phi) is 13.9. The molecule has 15 heteroatoms. The quantitative estimate of drug-likeness (QED) is 0.149. The number of aliphatic imine (C=N–C) groups is 1. The van der Waals surface area contributed by atoms with E-state index in [0.29, 0.717) is 25.3 Å². The number of carbonyl (C=O) groups is 4. The number of ether oxygens (including phenoxy) is 2. The van der Waals surface area contributed by atoms with Crippen molar-refractivity contribution >= 4 is 35.3 Å². The minimum atomic E-state index is -0.816. The first-order valence-electron chi connectivity index (χ1n) is 20.1. The number of hydrogen-bond donors (Lipinski definition) is 3. The van der Waals surface area contributed by atoms with Crippen molar-refractivity contribution in [1.29, 1.82) is 0 Å². The first-order valence-corrected chi connectivity index (χ1v) is 20.1. The smallest absolute Gasteiger partial charge is 0.407 e. The summed E-state index contributed by atoms with van der Waals surface area (Å²) >= 11 is 0. The summed E-state index contributed by atoms with van der Waals surface area (Å²) in [5, 5.41) is 5.23. The molecule has 6 rings (SSSR count). The Morgan fingerprint density at radius 1 is 0.741 bits per heavy atom. The lowest BCUT2D eigenvalue weighted by Gasteiger charge is -2.31. The number of aromatic amines is 1. The van der Waals surface area contributed by atoms with Crippen LogP contribution in [0.2, 0.25) is 0 Å². The SMILES string of the molecule is CC(C)[C@H](NC(=O)OCCF)C(=O)N1CCC[C@H]1C1=NC=C(c2ccc(-c3ccc(-c4cnc([C@@H]5CCCN5C(=O)[C@@H](NC(=O)OCCF)C(C)C)[nH]4)cc3)cc2)C1. The van der Waals surface area contributed by atoms with Crippen molar-refractivity contribution in [3.8, 4) is 22.4 Å². The van der Waals surface area contributed by atoms with Crippen LogP contribution in [0.1, 0.15) is 77.2 Å². The number of allylic oxidation sites excluding steroid dienone is 1. The van der Waals surface area contributed by atoms with Crippen LogP contribution in [0.15, 0.2) is 65.9 Å². The van der Waals surface area contributed by atoms with E-state index in [9.17, 15) is 28.0 Å². The molecule has 3 aliphatic heterocycles. The maximum atomic E-state index is 13.6. The van der Waals surface area contributed by atoms with E-state index in [1.165, 1.54) is 0 Å². The number of benzene rings is 2. The van der Waals surface area contributed by atoms with Crippen LogP contribution in [-0.4, -0.2) is 107 Å². The zero-order valence-electron chi connectivity index (χ0n) is 33.5. The van der Waals surface area contributed by atoms with Crippen molar-refractivity contribution in [2.45, 2.75) is 84.0 Å². The molecule has 13 nitrogen and oxygen atoms in total. The van der Waals surface area contributed by atoms with E-state index in [1.54, 1.807) is 16.0 Å². The number of hydrogen-bond acceptors (Lipinski definition) is 8. The lowest BCUT2D eigenvalue weighted by atomic mass is 9.95. The summed E-state index contributed by atoms with van der Waals surface area (Å²) in [7, 11) is 0. The van der Waals surface area contributed by atoms with Gasteiger partial charge in [0.1, 0.15) is 44.5 Å². The molecule has 4 atom stereocenters. The van der Waals surface area contributed by atoms with E-state index >= 15 is 0 Å². The van der Waals surface area contributed by atoms with Crippen LogP contribution in [0.4, 0.5) is 18.4 Å². The highest BCUT2D eigenvalue weighted by atomic mass is 19.1. The summed E-state index contributed by atoms with van der Waals surface area (Å²) in [4.78, 5) is 67.9. The molecule has 0 saturated carbocycles. The molecule has 3 aliphatic rings. The van der Waals surface area contributed by atoms with Gasteiger partial charge in [0, 0.05) is 31.4 Å². The predicted octanol–water partition coefficient (Wildman–Crippen LogP) is 7.02. The molecule has 3 N–H and O–H groups in total. The maximum Gasteiger partial charge on any atom is 0.407 e. The average Bonchev–Trinajstić information content (AvgIpc) is 4.07. The van der Waals surface area contributed by atoms with Gasteiger partial charge in [-0.15, -0.1) is 0 Å². The first-order chi connectivity index (χ1) is 28.0. The summed E-state index contributed by atoms with van der Waals surface area (Å²) < 4.78 is 34.6. The molecule has 58 heavy (non-hydrogen) atoms. The summed E-state index contributed by atoms with van der Waals surface area (Å²) in [6.07, 6.45) is 5.79. The molecule has 4 heterocycles. The third-order valence-electron chi connectivity index (χ3n) is 10.9. The monoisotopic (exact) mass is 801 g/mol. The number of nitrogens with one attached hydrogen (secondary N) is 3. The molecular formula is C43H53F2N7O6. The van der Waals surface area contributed by atoms with E-state index < -0.39 is 37.6 Å². The first kappa shape index (κ1) is 42.0. The van der Waals surface area contributed by atoms with Crippen LogP contribution < -0.4 is 10.6 Å². The van der Waals surface area contributed by atoms with E-state index in [4.69, 9.17) is 14.5 Å². The average molecular weight is 802 g/mol. The Morgan fingerprint density at radius 3 is 1.74 bits per heavy atom. The molecule has 2 aromatic carbocycles. The predicted molar refractivity (Wildman–Crippen MR) is 216 cm³/mol. The van der Waals surface area contributed by atoms with Crippen molar-refractivity contribution in [2.75, 3.05) is 39.7 Å². The number of amides is 4. The number of rotatable bonds is 15. The molecule has 3 aromatic rings. The van der Waals surface area contributed by atoms with Gasteiger partial charge in [-0.25, -0.2) is 23.4 Å². The number of alkyl carbamates (subject to hydrolysis) is 2. The van der Waals surface area contributed by atoms with E-state index in [2.05, 4.69) is 57.0 Å². The molecule has 0 spiro atoms. The molecule has 0 aliphatic carbocycles. The number of nitrogens with zero attached hydrogens (tertiary/aromatic N) is 4.